The molecule has 2 heterocycles. The van der Waals surface area contributed by atoms with E-state index < -0.39 is 0 Å². The van der Waals surface area contributed by atoms with E-state index >= 15 is 0 Å². The molecule has 1 atom stereocenters. The summed E-state index contributed by atoms with van der Waals surface area (Å²) < 4.78 is 14.2. The monoisotopic (exact) mass is 426 g/mol. The summed E-state index contributed by atoms with van der Waals surface area (Å²) in [5.41, 5.74) is 1.13. The number of thiophene rings is 1. The zero-order chi connectivity index (χ0) is 13.9. The molecule has 0 amide bonds. The maximum Gasteiger partial charge on any atom is 0.124 e. The van der Waals surface area contributed by atoms with Gasteiger partial charge in [0.25, 0.3) is 0 Å². The highest BCUT2D eigenvalue weighted by Crippen LogP contribution is 2.36. The molecule has 2 aromatic rings. The van der Waals surface area contributed by atoms with E-state index in [0.29, 0.717) is 0 Å². The Labute approximate surface area is 155 Å². The largest absolute Gasteiger partial charge is 0.314 e. The molecule has 122 valence electrons. The first-order valence-corrected chi connectivity index (χ1v) is 8.36. The van der Waals surface area contributed by atoms with Gasteiger partial charge in [-0.15, -0.1) is 36.2 Å². The molecule has 3 rings (SSSR count). The molecule has 0 bridgehead atoms. The van der Waals surface area contributed by atoms with Crippen molar-refractivity contribution < 1.29 is 4.39 Å². The number of nitrogens with one attached hydrogen (secondary N) is 1. The van der Waals surface area contributed by atoms with Gasteiger partial charge in [0.05, 0.1) is 6.04 Å². The smallest absolute Gasteiger partial charge is 0.124 e. The van der Waals surface area contributed by atoms with Crippen LogP contribution in [-0.4, -0.2) is 31.1 Å². The van der Waals surface area contributed by atoms with Gasteiger partial charge >= 0.3 is 0 Å². The van der Waals surface area contributed by atoms with Gasteiger partial charge in [0.15, 0.2) is 0 Å². The van der Waals surface area contributed by atoms with Crippen molar-refractivity contribution in [1.29, 1.82) is 0 Å². The Morgan fingerprint density at radius 2 is 1.91 bits per heavy atom. The second kappa shape index (κ2) is 9.21. The molecule has 7 heteroatoms. The molecule has 1 aliphatic heterocycles. The molecule has 1 saturated heterocycles. The van der Waals surface area contributed by atoms with Crippen molar-refractivity contribution >= 4 is 52.1 Å². The van der Waals surface area contributed by atoms with E-state index in [0.717, 1.165) is 36.2 Å². The van der Waals surface area contributed by atoms with Gasteiger partial charge in [-0.1, -0.05) is 28.1 Å². The van der Waals surface area contributed by atoms with Crippen LogP contribution in [0.4, 0.5) is 4.39 Å². The fourth-order valence-electron chi connectivity index (χ4n) is 2.64. The summed E-state index contributed by atoms with van der Waals surface area (Å²) in [4.78, 5) is 3.76. The first-order valence-electron chi connectivity index (χ1n) is 6.69. The third kappa shape index (κ3) is 4.43. The predicted molar refractivity (Wildman–Crippen MR) is 99.2 cm³/mol. The molecule has 22 heavy (non-hydrogen) atoms. The van der Waals surface area contributed by atoms with Crippen LogP contribution in [0.3, 0.4) is 0 Å². The van der Waals surface area contributed by atoms with E-state index in [1.54, 1.807) is 23.5 Å². The summed E-state index contributed by atoms with van der Waals surface area (Å²) in [5.74, 6) is -0.203. The minimum atomic E-state index is -0.203. The summed E-state index contributed by atoms with van der Waals surface area (Å²) in [6, 6.07) is 9.43. The van der Waals surface area contributed by atoms with Gasteiger partial charge < -0.3 is 5.32 Å². The second-order valence-electron chi connectivity index (χ2n) is 4.87. The van der Waals surface area contributed by atoms with Crippen molar-refractivity contribution in [2.45, 2.75) is 6.04 Å². The van der Waals surface area contributed by atoms with Crippen LogP contribution in [-0.2, 0) is 0 Å². The average Bonchev–Trinajstić information content (AvgIpc) is 2.97. The van der Waals surface area contributed by atoms with Crippen LogP contribution in [0.25, 0.3) is 0 Å². The van der Waals surface area contributed by atoms with Gasteiger partial charge in [-0.05, 0) is 29.1 Å². The second-order valence-corrected chi connectivity index (χ2v) is 6.70. The Balaban J connectivity index is 0.00000121. The standard InChI is InChI=1S/C15H16BrFN2S.2ClH/c16-13-10-11(17)3-4-12(13)15(14-2-1-9-20-14)19-7-5-18-6-8-19;;/h1-4,9-10,15,18H,5-8H2;2*1H/t15-;;/m0../s1. The van der Waals surface area contributed by atoms with Crippen LogP contribution >= 0.6 is 52.1 Å². The third-order valence-electron chi connectivity index (χ3n) is 3.59. The van der Waals surface area contributed by atoms with Gasteiger partial charge in [0.2, 0.25) is 0 Å². The normalized spacial score (nSPS) is 16.5. The van der Waals surface area contributed by atoms with Crippen LogP contribution in [0.2, 0.25) is 0 Å². The Bertz CT molecular complexity index is 577. The van der Waals surface area contributed by atoms with E-state index in [2.05, 4.69) is 43.7 Å². The van der Waals surface area contributed by atoms with Crippen molar-refractivity contribution in [2.75, 3.05) is 26.2 Å². The predicted octanol–water partition coefficient (Wildman–Crippen LogP) is 4.49. The number of hydrogen-bond donors (Lipinski definition) is 1. The van der Waals surface area contributed by atoms with E-state index in [1.165, 1.54) is 4.88 Å². The van der Waals surface area contributed by atoms with Crippen molar-refractivity contribution in [3.8, 4) is 0 Å². The van der Waals surface area contributed by atoms with Gasteiger partial charge in [0, 0.05) is 35.5 Å². The van der Waals surface area contributed by atoms with Crippen LogP contribution in [0.15, 0.2) is 40.2 Å². The topological polar surface area (TPSA) is 15.3 Å². The van der Waals surface area contributed by atoms with Gasteiger partial charge in [-0.3, -0.25) is 4.90 Å². The molecule has 0 unspecified atom stereocenters. The van der Waals surface area contributed by atoms with Crippen LogP contribution in [0, 0.1) is 5.82 Å². The summed E-state index contributed by atoms with van der Waals surface area (Å²) in [6.45, 7) is 4.01. The Morgan fingerprint density at radius 1 is 1.18 bits per heavy atom. The molecule has 0 radical (unpaired) electrons. The van der Waals surface area contributed by atoms with Gasteiger partial charge in [-0.25, -0.2) is 4.39 Å². The van der Waals surface area contributed by atoms with Gasteiger partial charge in [-0.2, -0.15) is 0 Å². The van der Waals surface area contributed by atoms with Gasteiger partial charge in [0.1, 0.15) is 5.82 Å². The Morgan fingerprint density at radius 3 is 2.50 bits per heavy atom. The van der Waals surface area contributed by atoms with E-state index in [9.17, 15) is 4.39 Å². The highest BCUT2D eigenvalue weighted by atomic mass is 79.9. The van der Waals surface area contributed by atoms with Crippen molar-refractivity contribution in [3.63, 3.8) is 0 Å². The lowest BCUT2D eigenvalue weighted by atomic mass is 10.0. The number of hydrogen-bond acceptors (Lipinski definition) is 3. The molecular formula is C15H18BrCl2FN2S. The zero-order valence-electron chi connectivity index (χ0n) is 11.8. The van der Waals surface area contributed by atoms with Crippen molar-refractivity contribution in [2.24, 2.45) is 0 Å². The lowest BCUT2D eigenvalue weighted by Crippen LogP contribution is -2.45. The quantitative estimate of drug-likeness (QED) is 0.776. The molecule has 1 aromatic heterocycles. The maximum absolute atomic E-state index is 13.3. The molecule has 1 aliphatic rings. The van der Waals surface area contributed by atoms with E-state index in [1.807, 2.05) is 6.07 Å². The summed E-state index contributed by atoms with van der Waals surface area (Å²) in [7, 11) is 0. The minimum Gasteiger partial charge on any atom is -0.314 e. The number of rotatable bonds is 3. The fourth-order valence-corrected chi connectivity index (χ4v) is 4.08. The van der Waals surface area contributed by atoms with Crippen molar-refractivity contribution in [3.05, 3.63) is 56.4 Å². The first kappa shape index (κ1) is 19.9. The number of benzene rings is 1. The fraction of sp³-hybridized carbons (Fsp3) is 0.333. The molecular weight excluding hydrogens is 410 g/mol. The van der Waals surface area contributed by atoms with Crippen molar-refractivity contribution in [1.82, 2.24) is 10.2 Å². The summed E-state index contributed by atoms with van der Waals surface area (Å²) in [5, 5.41) is 5.48. The number of piperazine rings is 1. The molecule has 1 aromatic carbocycles. The minimum absolute atomic E-state index is 0. The Kier molecular flexibility index (Phi) is 8.32. The summed E-state index contributed by atoms with van der Waals surface area (Å²) in [6.07, 6.45) is 0. The number of nitrogens with zero attached hydrogens (tertiary/aromatic N) is 1. The molecule has 1 N–H and O–H groups in total. The lowest BCUT2D eigenvalue weighted by Gasteiger charge is -2.35. The van der Waals surface area contributed by atoms with E-state index in [-0.39, 0.29) is 36.7 Å². The molecule has 0 saturated carbocycles. The highest BCUT2D eigenvalue weighted by Gasteiger charge is 2.26. The van der Waals surface area contributed by atoms with Crippen LogP contribution < -0.4 is 5.32 Å². The number of halogens is 4. The highest BCUT2D eigenvalue weighted by molar-refractivity contribution is 9.10. The first-order chi connectivity index (χ1) is 9.75. The maximum atomic E-state index is 13.3. The molecule has 0 aliphatic carbocycles. The molecule has 2 nitrogen and oxygen atoms in total. The summed E-state index contributed by atoms with van der Waals surface area (Å²) >= 11 is 5.28. The third-order valence-corrected chi connectivity index (χ3v) is 5.20. The Hall–Kier alpha value is -0.170. The zero-order valence-corrected chi connectivity index (χ0v) is 15.8. The lowest BCUT2D eigenvalue weighted by molar-refractivity contribution is 0.200. The van der Waals surface area contributed by atoms with Crippen LogP contribution in [0.1, 0.15) is 16.5 Å². The average molecular weight is 428 g/mol. The van der Waals surface area contributed by atoms with Crippen LogP contribution in [0.5, 0.6) is 0 Å². The molecule has 1 fully saturated rings. The molecule has 0 spiro atoms. The van der Waals surface area contributed by atoms with E-state index in [4.69, 9.17) is 0 Å². The SMILES string of the molecule is Cl.Cl.Fc1ccc([C@@H](c2cccs2)N2CCNCC2)c(Br)c1.